The predicted molar refractivity (Wildman–Crippen MR) is 100 cm³/mol. The SMILES string of the molecule is CN(C)C(=O)Cc1ccccc1NCC(=O)N1CCN(S(C)(=O)=O)CC1. The average Bonchev–Trinajstić information content (AvgIpc) is 2.60. The van der Waals surface area contributed by atoms with Gasteiger partial charge >= 0.3 is 0 Å². The molecule has 0 atom stereocenters. The van der Waals surface area contributed by atoms with Gasteiger partial charge in [-0.05, 0) is 11.6 Å². The number of carbonyl (C=O) groups excluding carboxylic acids is 2. The molecule has 0 bridgehead atoms. The first kappa shape index (κ1) is 20.2. The molecule has 2 rings (SSSR count). The lowest BCUT2D eigenvalue weighted by atomic mass is 10.1. The Labute approximate surface area is 154 Å². The summed E-state index contributed by atoms with van der Waals surface area (Å²) in [6.07, 6.45) is 1.44. The third kappa shape index (κ3) is 5.43. The molecule has 1 aromatic rings. The van der Waals surface area contributed by atoms with Crippen LogP contribution in [0, 0.1) is 0 Å². The normalized spacial score (nSPS) is 15.6. The van der Waals surface area contributed by atoms with Crippen LogP contribution < -0.4 is 5.32 Å². The number of benzene rings is 1. The van der Waals surface area contributed by atoms with E-state index >= 15 is 0 Å². The number of nitrogens with one attached hydrogen (secondary N) is 1. The van der Waals surface area contributed by atoms with E-state index in [-0.39, 0.29) is 24.8 Å². The first-order valence-electron chi connectivity index (χ1n) is 8.43. The van der Waals surface area contributed by atoms with Crippen molar-refractivity contribution >= 4 is 27.5 Å². The lowest BCUT2D eigenvalue weighted by Crippen LogP contribution is -2.51. The molecule has 26 heavy (non-hydrogen) atoms. The highest BCUT2D eigenvalue weighted by atomic mass is 32.2. The van der Waals surface area contributed by atoms with Gasteiger partial charge in [0.25, 0.3) is 0 Å². The van der Waals surface area contributed by atoms with Crippen LogP contribution in [0.2, 0.25) is 0 Å². The topological polar surface area (TPSA) is 90.0 Å². The Morgan fingerprint density at radius 2 is 1.73 bits per heavy atom. The van der Waals surface area contributed by atoms with E-state index in [9.17, 15) is 18.0 Å². The van der Waals surface area contributed by atoms with Crippen molar-refractivity contribution in [1.82, 2.24) is 14.1 Å². The maximum absolute atomic E-state index is 12.4. The van der Waals surface area contributed by atoms with E-state index in [2.05, 4.69) is 5.32 Å². The lowest BCUT2D eigenvalue weighted by molar-refractivity contribution is -0.130. The van der Waals surface area contributed by atoms with E-state index in [0.717, 1.165) is 11.3 Å². The third-order valence-corrected chi connectivity index (χ3v) is 5.65. The van der Waals surface area contributed by atoms with E-state index in [1.807, 2.05) is 24.3 Å². The quantitative estimate of drug-likeness (QED) is 0.738. The highest BCUT2D eigenvalue weighted by Gasteiger charge is 2.25. The number of nitrogens with zero attached hydrogens (tertiary/aromatic N) is 3. The Hall–Kier alpha value is -2.13. The molecule has 1 aliphatic rings. The summed E-state index contributed by atoms with van der Waals surface area (Å²) < 4.78 is 24.4. The average molecular weight is 382 g/mol. The maximum atomic E-state index is 12.4. The number of para-hydroxylation sites is 1. The fraction of sp³-hybridized carbons (Fsp3) is 0.529. The van der Waals surface area contributed by atoms with Crippen LogP contribution in [0.5, 0.6) is 0 Å². The molecule has 2 amide bonds. The Morgan fingerprint density at radius 1 is 1.12 bits per heavy atom. The van der Waals surface area contributed by atoms with Crippen molar-refractivity contribution in [3.05, 3.63) is 29.8 Å². The summed E-state index contributed by atoms with van der Waals surface area (Å²) in [4.78, 5) is 27.5. The van der Waals surface area contributed by atoms with Gasteiger partial charge in [0.1, 0.15) is 0 Å². The number of hydrogen-bond acceptors (Lipinski definition) is 5. The monoisotopic (exact) mass is 382 g/mol. The van der Waals surface area contributed by atoms with Crippen molar-refractivity contribution in [2.75, 3.05) is 58.4 Å². The van der Waals surface area contributed by atoms with Crippen LogP contribution in [0.3, 0.4) is 0 Å². The molecule has 0 spiro atoms. The van der Waals surface area contributed by atoms with Crippen LogP contribution in [0.25, 0.3) is 0 Å². The zero-order chi connectivity index (χ0) is 19.3. The van der Waals surface area contributed by atoms with E-state index in [0.29, 0.717) is 26.2 Å². The Morgan fingerprint density at radius 3 is 2.31 bits per heavy atom. The third-order valence-electron chi connectivity index (χ3n) is 4.35. The van der Waals surface area contributed by atoms with E-state index in [1.54, 1.807) is 19.0 Å². The molecule has 0 aliphatic carbocycles. The molecular formula is C17H26N4O4S. The lowest BCUT2D eigenvalue weighted by Gasteiger charge is -2.33. The van der Waals surface area contributed by atoms with E-state index in [4.69, 9.17) is 0 Å². The molecule has 1 N–H and O–H groups in total. The molecule has 0 aromatic heterocycles. The number of anilines is 1. The zero-order valence-electron chi connectivity index (χ0n) is 15.4. The van der Waals surface area contributed by atoms with E-state index < -0.39 is 10.0 Å². The molecule has 144 valence electrons. The van der Waals surface area contributed by atoms with Gasteiger partial charge in [-0.25, -0.2) is 8.42 Å². The van der Waals surface area contributed by atoms with Crippen molar-refractivity contribution in [1.29, 1.82) is 0 Å². The molecule has 1 aliphatic heterocycles. The highest BCUT2D eigenvalue weighted by Crippen LogP contribution is 2.16. The van der Waals surface area contributed by atoms with Crippen LogP contribution in [0.15, 0.2) is 24.3 Å². The largest absolute Gasteiger partial charge is 0.376 e. The van der Waals surface area contributed by atoms with Crippen LogP contribution >= 0.6 is 0 Å². The Balaban J connectivity index is 1.91. The summed E-state index contributed by atoms with van der Waals surface area (Å²) in [6, 6.07) is 7.41. The summed E-state index contributed by atoms with van der Waals surface area (Å²) in [5.74, 6) is -0.102. The second kappa shape index (κ2) is 8.50. The molecule has 1 aromatic carbocycles. The van der Waals surface area contributed by atoms with Crippen molar-refractivity contribution < 1.29 is 18.0 Å². The summed E-state index contributed by atoms with van der Waals surface area (Å²) in [6.45, 7) is 1.51. The minimum absolute atomic E-state index is 0.0116. The fourth-order valence-electron chi connectivity index (χ4n) is 2.72. The first-order chi connectivity index (χ1) is 12.2. The van der Waals surface area contributed by atoms with Crippen molar-refractivity contribution in [2.45, 2.75) is 6.42 Å². The number of rotatable bonds is 6. The molecular weight excluding hydrogens is 356 g/mol. The molecule has 0 unspecified atom stereocenters. The molecule has 0 saturated carbocycles. The number of likely N-dealkylation sites (N-methyl/N-ethyl adjacent to an activating group) is 1. The molecule has 1 heterocycles. The minimum Gasteiger partial charge on any atom is -0.376 e. The van der Waals surface area contributed by atoms with Crippen LogP contribution in [-0.4, -0.2) is 87.4 Å². The van der Waals surface area contributed by atoms with Gasteiger partial charge < -0.3 is 15.1 Å². The smallest absolute Gasteiger partial charge is 0.241 e. The van der Waals surface area contributed by atoms with Crippen LogP contribution in [-0.2, 0) is 26.0 Å². The zero-order valence-corrected chi connectivity index (χ0v) is 16.3. The van der Waals surface area contributed by atoms with Gasteiger partial charge in [-0.3, -0.25) is 9.59 Å². The summed E-state index contributed by atoms with van der Waals surface area (Å²) in [5, 5.41) is 3.10. The maximum Gasteiger partial charge on any atom is 0.241 e. The van der Waals surface area contributed by atoms with Gasteiger partial charge in [-0.1, -0.05) is 18.2 Å². The van der Waals surface area contributed by atoms with Crippen LogP contribution in [0.4, 0.5) is 5.69 Å². The van der Waals surface area contributed by atoms with Crippen molar-refractivity contribution in [3.63, 3.8) is 0 Å². The minimum atomic E-state index is -3.21. The number of hydrogen-bond donors (Lipinski definition) is 1. The second-order valence-electron chi connectivity index (χ2n) is 6.52. The van der Waals surface area contributed by atoms with Crippen molar-refractivity contribution in [3.8, 4) is 0 Å². The molecule has 1 fully saturated rings. The number of piperazine rings is 1. The first-order valence-corrected chi connectivity index (χ1v) is 10.3. The van der Waals surface area contributed by atoms with E-state index in [1.165, 1.54) is 15.5 Å². The highest BCUT2D eigenvalue weighted by molar-refractivity contribution is 7.88. The predicted octanol–water partition coefficient (Wildman–Crippen LogP) is -0.167. The fourth-order valence-corrected chi connectivity index (χ4v) is 3.55. The number of carbonyl (C=O) groups is 2. The molecule has 9 heteroatoms. The number of amides is 2. The van der Waals surface area contributed by atoms with Gasteiger partial charge in [0.15, 0.2) is 0 Å². The Kier molecular flexibility index (Phi) is 6.60. The second-order valence-corrected chi connectivity index (χ2v) is 8.50. The van der Waals surface area contributed by atoms with Gasteiger partial charge in [0, 0.05) is 46.0 Å². The van der Waals surface area contributed by atoms with Crippen LogP contribution in [0.1, 0.15) is 5.56 Å². The molecule has 1 saturated heterocycles. The standard InChI is InChI=1S/C17H26N4O4S/c1-19(2)16(22)12-14-6-4-5-7-15(14)18-13-17(23)20-8-10-21(11-9-20)26(3,24)25/h4-7,18H,8-13H2,1-3H3. The van der Waals surface area contributed by atoms with Gasteiger partial charge in [0.2, 0.25) is 21.8 Å². The van der Waals surface area contributed by atoms with Gasteiger partial charge in [0.05, 0.1) is 19.2 Å². The molecule has 0 radical (unpaired) electrons. The van der Waals surface area contributed by atoms with Crippen molar-refractivity contribution in [2.24, 2.45) is 0 Å². The molecule has 8 nitrogen and oxygen atoms in total. The summed E-state index contributed by atoms with van der Waals surface area (Å²) in [7, 11) is 0.202. The summed E-state index contributed by atoms with van der Waals surface area (Å²) >= 11 is 0. The van der Waals surface area contributed by atoms with Gasteiger partial charge in [-0.2, -0.15) is 4.31 Å². The van der Waals surface area contributed by atoms with Gasteiger partial charge in [-0.15, -0.1) is 0 Å². The number of sulfonamides is 1. The summed E-state index contributed by atoms with van der Waals surface area (Å²) in [5.41, 5.74) is 1.59. The Bertz CT molecular complexity index is 756.